The highest BCUT2D eigenvalue weighted by Gasteiger charge is 2.23. The number of hydrogen-bond acceptors (Lipinski definition) is 2. The molecule has 0 spiro atoms. The summed E-state index contributed by atoms with van der Waals surface area (Å²) >= 11 is 0. The summed E-state index contributed by atoms with van der Waals surface area (Å²) in [7, 11) is 1.91. The van der Waals surface area contributed by atoms with E-state index in [1.54, 1.807) is 0 Å². The van der Waals surface area contributed by atoms with E-state index in [0.29, 0.717) is 24.8 Å². The van der Waals surface area contributed by atoms with E-state index in [1.165, 1.54) is 18.4 Å². The third-order valence-corrected chi connectivity index (χ3v) is 4.37. The van der Waals surface area contributed by atoms with Crippen molar-refractivity contribution in [2.24, 2.45) is 11.8 Å². The second kappa shape index (κ2) is 9.06. The minimum atomic E-state index is 0. The van der Waals surface area contributed by atoms with E-state index in [9.17, 15) is 4.79 Å². The molecule has 1 aliphatic rings. The Morgan fingerprint density at radius 2 is 1.90 bits per heavy atom. The van der Waals surface area contributed by atoms with Crippen LogP contribution in [0.3, 0.4) is 0 Å². The van der Waals surface area contributed by atoms with E-state index in [0.717, 1.165) is 13.1 Å². The van der Waals surface area contributed by atoms with E-state index < -0.39 is 0 Å². The molecule has 1 N–H and O–H groups in total. The number of benzene rings is 1. The number of nitrogens with one attached hydrogen (secondary N) is 1. The molecule has 1 unspecified atom stereocenters. The van der Waals surface area contributed by atoms with Gasteiger partial charge in [-0.1, -0.05) is 37.3 Å². The summed E-state index contributed by atoms with van der Waals surface area (Å²) in [6, 6.07) is 10.2. The van der Waals surface area contributed by atoms with Crippen LogP contribution in [0.5, 0.6) is 0 Å². The minimum Gasteiger partial charge on any atom is -0.341 e. The molecule has 1 aromatic rings. The Kier molecular flexibility index (Phi) is 7.76. The number of amides is 1. The van der Waals surface area contributed by atoms with Gasteiger partial charge >= 0.3 is 0 Å². The van der Waals surface area contributed by atoms with Crippen molar-refractivity contribution in [1.82, 2.24) is 10.2 Å². The van der Waals surface area contributed by atoms with Gasteiger partial charge in [0.05, 0.1) is 0 Å². The first kappa shape index (κ1) is 18.0. The molecule has 1 saturated heterocycles. The molecular formula is C17H27ClN2O. The molecule has 1 atom stereocenters. The molecule has 0 bridgehead atoms. The normalized spacial score (nSPS) is 16.9. The second-order valence-corrected chi connectivity index (χ2v) is 6.00. The van der Waals surface area contributed by atoms with Crippen LogP contribution < -0.4 is 5.32 Å². The second-order valence-electron chi connectivity index (χ2n) is 6.00. The fourth-order valence-electron chi connectivity index (χ4n) is 2.96. The Morgan fingerprint density at radius 1 is 1.29 bits per heavy atom. The van der Waals surface area contributed by atoms with Crippen LogP contribution >= 0.6 is 12.4 Å². The Bertz CT molecular complexity index is 418. The van der Waals surface area contributed by atoms with Gasteiger partial charge < -0.3 is 10.2 Å². The molecule has 2 rings (SSSR count). The molecule has 0 aliphatic carbocycles. The first-order valence-corrected chi connectivity index (χ1v) is 7.65. The number of piperidine rings is 1. The number of nitrogens with zero attached hydrogens (tertiary/aromatic N) is 1. The van der Waals surface area contributed by atoms with Crippen molar-refractivity contribution in [1.29, 1.82) is 0 Å². The first-order valence-electron chi connectivity index (χ1n) is 7.65. The van der Waals surface area contributed by atoms with Gasteiger partial charge in [0, 0.05) is 20.0 Å². The van der Waals surface area contributed by atoms with Gasteiger partial charge in [0.25, 0.3) is 0 Å². The fraction of sp³-hybridized carbons (Fsp3) is 0.588. The van der Waals surface area contributed by atoms with Crippen LogP contribution in [0.1, 0.15) is 31.7 Å². The maximum atomic E-state index is 12.3. The van der Waals surface area contributed by atoms with Crippen molar-refractivity contribution in [2.75, 3.05) is 20.1 Å². The SMILES string of the molecule is CC(CC(=O)N(C)Cc1ccccc1)C1CCNCC1.Cl. The van der Waals surface area contributed by atoms with E-state index in [4.69, 9.17) is 0 Å². The van der Waals surface area contributed by atoms with E-state index in [-0.39, 0.29) is 18.3 Å². The predicted octanol–water partition coefficient (Wildman–Crippen LogP) is 3.09. The van der Waals surface area contributed by atoms with Gasteiger partial charge in [-0.2, -0.15) is 0 Å². The zero-order valence-electron chi connectivity index (χ0n) is 13.0. The van der Waals surface area contributed by atoms with Gasteiger partial charge in [-0.25, -0.2) is 0 Å². The highest BCUT2D eigenvalue weighted by atomic mass is 35.5. The van der Waals surface area contributed by atoms with Crippen LogP contribution in [0.15, 0.2) is 30.3 Å². The minimum absolute atomic E-state index is 0. The number of carbonyl (C=O) groups is 1. The molecule has 1 aromatic carbocycles. The Labute approximate surface area is 134 Å². The lowest BCUT2D eigenvalue weighted by Crippen LogP contribution is -2.34. The van der Waals surface area contributed by atoms with Crippen LogP contribution in [-0.4, -0.2) is 30.9 Å². The summed E-state index contributed by atoms with van der Waals surface area (Å²) in [5.74, 6) is 1.45. The van der Waals surface area contributed by atoms with Crippen LogP contribution in [0, 0.1) is 11.8 Å². The Hall–Kier alpha value is -1.06. The summed E-state index contributed by atoms with van der Waals surface area (Å²) in [4.78, 5) is 14.2. The largest absolute Gasteiger partial charge is 0.341 e. The van der Waals surface area contributed by atoms with Crippen LogP contribution in [-0.2, 0) is 11.3 Å². The lowest BCUT2D eigenvalue weighted by atomic mass is 9.84. The molecule has 0 aromatic heterocycles. The predicted molar refractivity (Wildman–Crippen MR) is 89.5 cm³/mol. The fourth-order valence-corrected chi connectivity index (χ4v) is 2.96. The molecule has 21 heavy (non-hydrogen) atoms. The van der Waals surface area contributed by atoms with Gasteiger partial charge in [-0.15, -0.1) is 12.4 Å². The van der Waals surface area contributed by atoms with Crippen molar-refractivity contribution < 1.29 is 4.79 Å². The highest BCUT2D eigenvalue weighted by molar-refractivity contribution is 5.85. The highest BCUT2D eigenvalue weighted by Crippen LogP contribution is 2.24. The van der Waals surface area contributed by atoms with Gasteiger partial charge in [0.2, 0.25) is 5.91 Å². The first-order chi connectivity index (χ1) is 9.66. The van der Waals surface area contributed by atoms with Crippen LogP contribution in [0.4, 0.5) is 0 Å². The van der Waals surface area contributed by atoms with E-state index in [1.807, 2.05) is 30.1 Å². The monoisotopic (exact) mass is 310 g/mol. The third kappa shape index (κ3) is 5.68. The standard InChI is InChI=1S/C17H26N2O.ClH/c1-14(16-8-10-18-11-9-16)12-17(20)19(2)13-15-6-4-3-5-7-15;/h3-7,14,16,18H,8-13H2,1-2H3;1H. The third-order valence-electron chi connectivity index (χ3n) is 4.37. The molecule has 4 heteroatoms. The van der Waals surface area contributed by atoms with E-state index in [2.05, 4.69) is 24.4 Å². The zero-order valence-corrected chi connectivity index (χ0v) is 13.9. The van der Waals surface area contributed by atoms with Crippen LogP contribution in [0.2, 0.25) is 0 Å². The topological polar surface area (TPSA) is 32.3 Å². The lowest BCUT2D eigenvalue weighted by molar-refractivity contribution is -0.131. The molecule has 118 valence electrons. The molecule has 1 heterocycles. The average Bonchev–Trinajstić information content (AvgIpc) is 2.49. The molecule has 1 fully saturated rings. The molecular weight excluding hydrogens is 284 g/mol. The molecule has 1 amide bonds. The van der Waals surface area contributed by atoms with Crippen molar-refractivity contribution >= 4 is 18.3 Å². The van der Waals surface area contributed by atoms with Gasteiger partial charge in [-0.05, 0) is 43.3 Å². The number of rotatable bonds is 5. The van der Waals surface area contributed by atoms with Gasteiger partial charge in [0.1, 0.15) is 0 Å². The summed E-state index contributed by atoms with van der Waals surface area (Å²) in [5, 5.41) is 3.38. The van der Waals surface area contributed by atoms with Crippen LogP contribution in [0.25, 0.3) is 0 Å². The van der Waals surface area contributed by atoms with Gasteiger partial charge in [0.15, 0.2) is 0 Å². The van der Waals surface area contributed by atoms with Gasteiger partial charge in [-0.3, -0.25) is 4.79 Å². The van der Waals surface area contributed by atoms with E-state index >= 15 is 0 Å². The molecule has 1 aliphatic heterocycles. The zero-order chi connectivity index (χ0) is 14.4. The van der Waals surface area contributed by atoms with Crippen molar-refractivity contribution in [3.63, 3.8) is 0 Å². The Morgan fingerprint density at radius 3 is 2.52 bits per heavy atom. The van der Waals surface area contributed by atoms with Crippen molar-refractivity contribution in [2.45, 2.75) is 32.7 Å². The lowest BCUT2D eigenvalue weighted by Gasteiger charge is -2.29. The van der Waals surface area contributed by atoms with Crippen molar-refractivity contribution in [3.05, 3.63) is 35.9 Å². The van der Waals surface area contributed by atoms with Crippen molar-refractivity contribution in [3.8, 4) is 0 Å². The summed E-state index contributed by atoms with van der Waals surface area (Å²) in [5.41, 5.74) is 1.19. The average molecular weight is 311 g/mol. The summed E-state index contributed by atoms with van der Waals surface area (Å²) in [6.07, 6.45) is 3.09. The maximum Gasteiger partial charge on any atom is 0.222 e. The maximum absolute atomic E-state index is 12.3. The number of hydrogen-bond donors (Lipinski definition) is 1. The molecule has 0 radical (unpaired) electrons. The molecule has 3 nitrogen and oxygen atoms in total. The quantitative estimate of drug-likeness (QED) is 0.906. The summed E-state index contributed by atoms with van der Waals surface area (Å²) < 4.78 is 0. The molecule has 0 saturated carbocycles. The summed E-state index contributed by atoms with van der Waals surface area (Å²) in [6.45, 7) is 5.13. The Balaban J connectivity index is 0.00000220. The smallest absolute Gasteiger partial charge is 0.222 e. The number of halogens is 1. The number of carbonyl (C=O) groups excluding carboxylic acids is 1.